The van der Waals surface area contributed by atoms with Gasteiger partial charge in [-0.2, -0.15) is 0 Å². The molecule has 2 aromatic rings. The monoisotopic (exact) mass is 495 g/mol. The van der Waals surface area contributed by atoms with E-state index in [1.807, 2.05) is 13.8 Å². The van der Waals surface area contributed by atoms with Crippen LogP contribution in [-0.2, 0) is 30.9 Å². The van der Waals surface area contributed by atoms with Crippen molar-refractivity contribution in [1.29, 1.82) is 0 Å². The van der Waals surface area contributed by atoms with Gasteiger partial charge in [-0.05, 0) is 55.2 Å². The zero-order valence-electron chi connectivity index (χ0n) is 19.2. The smallest absolute Gasteiger partial charge is 0.243 e. The molecule has 1 aromatic heterocycles. The number of amides is 2. The highest BCUT2D eigenvalue weighted by Crippen LogP contribution is 2.19. The molecule has 0 radical (unpaired) electrons. The number of rotatable bonds is 11. The van der Waals surface area contributed by atoms with E-state index in [0.717, 1.165) is 37.1 Å². The van der Waals surface area contributed by atoms with E-state index in [1.165, 1.54) is 11.2 Å². The molecule has 0 spiro atoms. The highest BCUT2D eigenvalue weighted by molar-refractivity contribution is 7.89. The van der Waals surface area contributed by atoms with Crippen LogP contribution in [0.15, 0.2) is 52.0 Å². The van der Waals surface area contributed by atoms with E-state index in [4.69, 9.17) is 9.15 Å². The summed E-state index contributed by atoms with van der Waals surface area (Å²) < 4.78 is 51.5. The lowest BCUT2D eigenvalue weighted by Crippen LogP contribution is -2.56. The summed E-state index contributed by atoms with van der Waals surface area (Å²) in [7, 11) is -4.05. The summed E-state index contributed by atoms with van der Waals surface area (Å²) in [5.74, 6) is -1.19. The fraction of sp³-hybridized carbons (Fsp3) is 0.478. The number of carbonyl (C=O) groups excluding carboxylic acids is 2. The second kappa shape index (κ2) is 11.6. The van der Waals surface area contributed by atoms with Crippen LogP contribution < -0.4 is 10.0 Å². The Morgan fingerprint density at radius 2 is 1.94 bits per heavy atom. The summed E-state index contributed by atoms with van der Waals surface area (Å²) in [6.07, 6.45) is 2.85. The van der Waals surface area contributed by atoms with Crippen molar-refractivity contribution in [3.05, 3.63) is 54.2 Å². The number of sulfonamides is 1. The van der Waals surface area contributed by atoms with Gasteiger partial charge in [0.25, 0.3) is 0 Å². The number of benzene rings is 1. The topological polar surface area (TPSA) is 118 Å². The predicted octanol–water partition coefficient (Wildman–Crippen LogP) is 2.05. The second-order valence-corrected chi connectivity index (χ2v) is 10.2. The third-order valence-corrected chi connectivity index (χ3v) is 6.95. The molecule has 186 valence electrons. The lowest BCUT2D eigenvalue weighted by atomic mass is 10.00. The van der Waals surface area contributed by atoms with Crippen LogP contribution in [0.3, 0.4) is 0 Å². The van der Waals surface area contributed by atoms with Gasteiger partial charge in [-0.1, -0.05) is 13.8 Å². The van der Waals surface area contributed by atoms with E-state index in [0.29, 0.717) is 12.4 Å². The van der Waals surface area contributed by atoms with Crippen LogP contribution in [0.25, 0.3) is 0 Å². The normalized spacial score (nSPS) is 17.0. The average molecular weight is 496 g/mol. The molecule has 3 rings (SSSR count). The van der Waals surface area contributed by atoms with E-state index < -0.39 is 34.3 Å². The van der Waals surface area contributed by atoms with Gasteiger partial charge in [-0.25, -0.2) is 17.5 Å². The Balaban J connectivity index is 1.74. The number of ether oxygens (including phenoxy) is 1. The molecule has 2 atom stereocenters. The molecule has 1 aromatic carbocycles. The van der Waals surface area contributed by atoms with Crippen LogP contribution in [0.2, 0.25) is 0 Å². The summed E-state index contributed by atoms with van der Waals surface area (Å²) in [5, 5.41) is 2.79. The van der Waals surface area contributed by atoms with E-state index in [9.17, 15) is 22.4 Å². The molecule has 2 heterocycles. The largest absolute Gasteiger partial charge is 0.467 e. The molecule has 11 heteroatoms. The highest BCUT2D eigenvalue weighted by atomic mass is 32.2. The molecule has 1 aliphatic heterocycles. The lowest BCUT2D eigenvalue weighted by Gasteiger charge is -2.35. The van der Waals surface area contributed by atoms with Gasteiger partial charge in [-0.3, -0.25) is 9.59 Å². The minimum Gasteiger partial charge on any atom is -0.467 e. The maximum absolute atomic E-state index is 13.2. The molecule has 1 fully saturated rings. The van der Waals surface area contributed by atoms with Gasteiger partial charge in [-0.15, -0.1) is 0 Å². The molecule has 2 N–H and O–H groups in total. The van der Waals surface area contributed by atoms with E-state index in [-0.39, 0.29) is 35.9 Å². The maximum Gasteiger partial charge on any atom is 0.243 e. The zero-order chi connectivity index (χ0) is 24.7. The Bertz CT molecular complexity index is 1050. The van der Waals surface area contributed by atoms with Crippen LogP contribution in [-0.4, -0.2) is 57.0 Å². The number of furan rings is 1. The van der Waals surface area contributed by atoms with Crippen molar-refractivity contribution in [3.8, 4) is 0 Å². The molecule has 0 aliphatic carbocycles. The second-order valence-electron chi connectivity index (χ2n) is 8.45. The van der Waals surface area contributed by atoms with Crippen molar-refractivity contribution >= 4 is 21.8 Å². The third kappa shape index (κ3) is 6.87. The summed E-state index contributed by atoms with van der Waals surface area (Å²) in [6.45, 7) is 3.97. The summed E-state index contributed by atoms with van der Waals surface area (Å²) in [5.41, 5.74) is 0. The molecule has 0 unspecified atom stereocenters. The number of halogens is 1. The molecule has 2 amide bonds. The van der Waals surface area contributed by atoms with Gasteiger partial charge in [0.15, 0.2) is 0 Å². The number of hydrogen-bond acceptors (Lipinski definition) is 6. The van der Waals surface area contributed by atoms with Crippen LogP contribution in [0.5, 0.6) is 0 Å². The Kier molecular flexibility index (Phi) is 8.81. The Labute approximate surface area is 198 Å². The first-order chi connectivity index (χ1) is 16.2. The molecular weight excluding hydrogens is 465 g/mol. The van der Waals surface area contributed by atoms with E-state index in [2.05, 4.69) is 10.0 Å². The molecule has 9 nitrogen and oxygen atoms in total. The van der Waals surface area contributed by atoms with Crippen LogP contribution >= 0.6 is 0 Å². The molecule has 1 saturated heterocycles. The van der Waals surface area contributed by atoms with Gasteiger partial charge in [0.1, 0.15) is 17.6 Å². The first kappa shape index (κ1) is 25.9. The van der Waals surface area contributed by atoms with Crippen molar-refractivity contribution in [2.24, 2.45) is 5.92 Å². The fourth-order valence-corrected chi connectivity index (χ4v) is 4.80. The number of nitrogens with one attached hydrogen (secondary N) is 2. The van der Waals surface area contributed by atoms with Gasteiger partial charge in [0.05, 0.1) is 30.4 Å². The number of nitrogens with zero attached hydrogens (tertiary/aromatic N) is 1. The molecular formula is C23H30FN3O6S. The standard InChI is InChI=1S/C23H30FN3O6S/c1-16(2)22(23(29)25-13-18-5-3-11-32-18)27(15-19-6-4-12-33-19)21(28)14-26-34(30,31)20-9-7-17(24)8-10-20/h3,5,7-11,16,19,22,26H,4,6,12-15H2,1-2H3,(H,25,29)/t19-,22+/m0/s1. The minimum atomic E-state index is -4.05. The summed E-state index contributed by atoms with van der Waals surface area (Å²) in [4.78, 5) is 27.5. The quantitative estimate of drug-likeness (QED) is 0.493. The van der Waals surface area contributed by atoms with Gasteiger partial charge >= 0.3 is 0 Å². The van der Waals surface area contributed by atoms with Crippen LogP contribution in [0, 0.1) is 11.7 Å². The highest BCUT2D eigenvalue weighted by Gasteiger charge is 2.35. The third-order valence-electron chi connectivity index (χ3n) is 5.53. The Hall–Kier alpha value is -2.76. The average Bonchev–Trinajstić information content (AvgIpc) is 3.50. The first-order valence-electron chi connectivity index (χ1n) is 11.1. The lowest BCUT2D eigenvalue weighted by molar-refractivity contribution is -0.143. The van der Waals surface area contributed by atoms with Gasteiger partial charge in [0, 0.05) is 13.2 Å². The number of hydrogen-bond donors (Lipinski definition) is 2. The molecule has 1 aliphatic rings. The van der Waals surface area contributed by atoms with Crippen molar-refractivity contribution in [1.82, 2.24) is 14.9 Å². The van der Waals surface area contributed by atoms with Crippen molar-refractivity contribution in [2.75, 3.05) is 19.7 Å². The Morgan fingerprint density at radius 1 is 1.21 bits per heavy atom. The van der Waals surface area contributed by atoms with E-state index >= 15 is 0 Å². The molecule has 0 bridgehead atoms. The van der Waals surface area contributed by atoms with Crippen molar-refractivity contribution in [2.45, 2.75) is 50.3 Å². The molecule has 34 heavy (non-hydrogen) atoms. The summed E-state index contributed by atoms with van der Waals surface area (Å²) in [6, 6.07) is 6.88. The number of carbonyl (C=O) groups is 2. The van der Waals surface area contributed by atoms with Gasteiger partial charge in [0.2, 0.25) is 21.8 Å². The van der Waals surface area contributed by atoms with Gasteiger partial charge < -0.3 is 19.4 Å². The van der Waals surface area contributed by atoms with Crippen LogP contribution in [0.1, 0.15) is 32.4 Å². The Morgan fingerprint density at radius 3 is 2.53 bits per heavy atom. The van der Waals surface area contributed by atoms with Crippen molar-refractivity contribution in [3.63, 3.8) is 0 Å². The van der Waals surface area contributed by atoms with E-state index in [1.54, 1.807) is 12.1 Å². The maximum atomic E-state index is 13.2. The predicted molar refractivity (Wildman–Crippen MR) is 121 cm³/mol. The van der Waals surface area contributed by atoms with Crippen molar-refractivity contribution < 1.29 is 31.6 Å². The molecule has 0 saturated carbocycles. The fourth-order valence-electron chi connectivity index (χ4n) is 3.83. The summed E-state index contributed by atoms with van der Waals surface area (Å²) >= 11 is 0. The first-order valence-corrected chi connectivity index (χ1v) is 12.6. The zero-order valence-corrected chi connectivity index (χ0v) is 20.0. The SMILES string of the molecule is CC(C)[C@H](C(=O)NCc1ccco1)N(C[C@@H]1CCCO1)C(=O)CNS(=O)(=O)c1ccc(F)cc1. The minimum absolute atomic E-state index is 0.161. The van der Waals surface area contributed by atoms with Crippen LogP contribution in [0.4, 0.5) is 4.39 Å².